The lowest BCUT2D eigenvalue weighted by Crippen LogP contribution is -2.24. The van der Waals surface area contributed by atoms with Crippen LogP contribution in [0.5, 0.6) is 0 Å². The van der Waals surface area contributed by atoms with Crippen LogP contribution < -0.4 is 5.32 Å². The predicted octanol–water partition coefficient (Wildman–Crippen LogP) is 0.0703. The van der Waals surface area contributed by atoms with Gasteiger partial charge in [0.05, 0.1) is 72.5 Å². The molecule has 0 unspecified atom stereocenters. The highest BCUT2D eigenvalue weighted by atomic mass is 16.6. The molecule has 0 bridgehead atoms. The van der Waals surface area contributed by atoms with Gasteiger partial charge in [0.2, 0.25) is 5.91 Å². The Morgan fingerprint density at radius 1 is 0.680 bits per heavy atom. The second kappa shape index (κ2) is 19.1. The number of carbonyl (C=O) groups is 2. The summed E-state index contributed by atoms with van der Waals surface area (Å²) < 4.78 is 26.2. The summed E-state index contributed by atoms with van der Waals surface area (Å²) in [6.07, 6.45) is 0.365. The highest BCUT2D eigenvalue weighted by molar-refractivity contribution is 5.75. The number of rotatable bonds is 19. The van der Waals surface area contributed by atoms with Gasteiger partial charge in [0.25, 0.3) is 0 Å². The van der Waals surface area contributed by atoms with E-state index in [1.165, 1.54) is 0 Å². The van der Waals surface area contributed by atoms with E-state index in [0.29, 0.717) is 72.4 Å². The van der Waals surface area contributed by atoms with Crippen LogP contribution in [-0.4, -0.2) is 89.6 Å². The summed E-state index contributed by atoms with van der Waals surface area (Å²) in [5.74, 6) is -0.881. The third-order valence-corrected chi connectivity index (χ3v) is 2.80. The first-order chi connectivity index (χ1) is 12.2. The molecule has 0 heterocycles. The highest BCUT2D eigenvalue weighted by Crippen LogP contribution is 1.87. The van der Waals surface area contributed by atoms with E-state index < -0.39 is 5.97 Å². The Bertz CT molecular complexity index is 327. The van der Waals surface area contributed by atoms with Crippen LogP contribution in [0, 0.1) is 0 Å². The SMILES string of the molecule is CCNC(=O)CCOCCOCCOCCOCCOCCC(=O)O. The van der Waals surface area contributed by atoms with Crippen LogP contribution in [0.3, 0.4) is 0 Å². The van der Waals surface area contributed by atoms with Gasteiger partial charge in [-0.25, -0.2) is 0 Å². The van der Waals surface area contributed by atoms with Crippen LogP contribution in [0.2, 0.25) is 0 Å². The largest absolute Gasteiger partial charge is 0.481 e. The Labute approximate surface area is 148 Å². The Hall–Kier alpha value is -1.26. The molecule has 0 radical (unpaired) electrons. The van der Waals surface area contributed by atoms with Gasteiger partial charge in [0, 0.05) is 13.0 Å². The van der Waals surface area contributed by atoms with Crippen molar-refractivity contribution in [2.24, 2.45) is 0 Å². The van der Waals surface area contributed by atoms with Crippen molar-refractivity contribution in [3.8, 4) is 0 Å². The smallest absolute Gasteiger partial charge is 0.305 e. The maximum atomic E-state index is 11.1. The first kappa shape index (κ1) is 23.7. The average molecular weight is 365 g/mol. The molecule has 2 N–H and O–H groups in total. The molecule has 25 heavy (non-hydrogen) atoms. The number of carbonyl (C=O) groups excluding carboxylic acids is 1. The van der Waals surface area contributed by atoms with Crippen LogP contribution >= 0.6 is 0 Å². The summed E-state index contributed by atoms with van der Waals surface area (Å²) in [5.41, 5.74) is 0. The molecular weight excluding hydrogens is 334 g/mol. The Balaban J connectivity index is 3.05. The van der Waals surface area contributed by atoms with Gasteiger partial charge in [-0.2, -0.15) is 0 Å². The van der Waals surface area contributed by atoms with Gasteiger partial charge in [-0.05, 0) is 6.92 Å². The number of ether oxygens (including phenoxy) is 5. The molecule has 0 saturated heterocycles. The van der Waals surface area contributed by atoms with Crippen LogP contribution in [0.4, 0.5) is 0 Å². The van der Waals surface area contributed by atoms with E-state index in [9.17, 15) is 9.59 Å². The van der Waals surface area contributed by atoms with E-state index >= 15 is 0 Å². The Morgan fingerprint density at radius 3 is 1.40 bits per heavy atom. The molecule has 0 aromatic rings. The number of hydrogen-bond donors (Lipinski definition) is 2. The second-order valence-corrected chi connectivity index (χ2v) is 4.91. The van der Waals surface area contributed by atoms with Crippen molar-refractivity contribution in [1.82, 2.24) is 5.32 Å². The van der Waals surface area contributed by atoms with Crippen molar-refractivity contribution in [3.63, 3.8) is 0 Å². The van der Waals surface area contributed by atoms with Gasteiger partial charge in [-0.1, -0.05) is 0 Å². The van der Waals surface area contributed by atoms with Gasteiger partial charge in [-0.3, -0.25) is 9.59 Å². The van der Waals surface area contributed by atoms with Gasteiger partial charge in [0.15, 0.2) is 0 Å². The summed E-state index contributed by atoms with van der Waals surface area (Å²) >= 11 is 0. The fourth-order valence-electron chi connectivity index (χ4n) is 1.59. The van der Waals surface area contributed by atoms with Gasteiger partial charge in [-0.15, -0.1) is 0 Å². The second-order valence-electron chi connectivity index (χ2n) is 4.91. The fraction of sp³-hybridized carbons (Fsp3) is 0.875. The van der Waals surface area contributed by atoms with Crippen molar-refractivity contribution in [2.45, 2.75) is 19.8 Å². The lowest BCUT2D eigenvalue weighted by molar-refractivity contribution is -0.138. The number of carboxylic acid groups (broad SMARTS) is 1. The van der Waals surface area contributed by atoms with Crippen molar-refractivity contribution in [3.05, 3.63) is 0 Å². The van der Waals surface area contributed by atoms with Gasteiger partial charge < -0.3 is 34.1 Å². The van der Waals surface area contributed by atoms with Crippen molar-refractivity contribution in [2.75, 3.05) is 72.6 Å². The van der Waals surface area contributed by atoms with E-state index in [4.69, 9.17) is 28.8 Å². The topological polar surface area (TPSA) is 113 Å². The maximum absolute atomic E-state index is 11.1. The van der Waals surface area contributed by atoms with E-state index in [2.05, 4.69) is 5.32 Å². The van der Waals surface area contributed by atoms with E-state index in [1.807, 2.05) is 6.92 Å². The summed E-state index contributed by atoms with van der Waals surface area (Å²) in [6, 6.07) is 0. The van der Waals surface area contributed by atoms with E-state index in [-0.39, 0.29) is 18.9 Å². The molecule has 0 saturated carbocycles. The molecule has 0 fully saturated rings. The molecule has 0 aromatic heterocycles. The summed E-state index contributed by atoms with van der Waals surface area (Å²) in [4.78, 5) is 21.4. The third-order valence-electron chi connectivity index (χ3n) is 2.80. The summed E-state index contributed by atoms with van der Waals surface area (Å²) in [7, 11) is 0. The predicted molar refractivity (Wildman–Crippen MR) is 89.6 cm³/mol. The molecule has 0 aliphatic heterocycles. The van der Waals surface area contributed by atoms with Crippen LogP contribution in [0.25, 0.3) is 0 Å². The normalized spacial score (nSPS) is 10.8. The first-order valence-electron chi connectivity index (χ1n) is 8.54. The fourth-order valence-corrected chi connectivity index (χ4v) is 1.59. The van der Waals surface area contributed by atoms with E-state index in [0.717, 1.165) is 0 Å². The number of amides is 1. The number of nitrogens with one attached hydrogen (secondary N) is 1. The molecule has 0 atom stereocenters. The van der Waals surface area contributed by atoms with Gasteiger partial charge >= 0.3 is 5.97 Å². The van der Waals surface area contributed by atoms with Crippen molar-refractivity contribution >= 4 is 11.9 Å². The van der Waals surface area contributed by atoms with Crippen molar-refractivity contribution < 1.29 is 38.4 Å². The molecule has 9 nitrogen and oxygen atoms in total. The summed E-state index contributed by atoms with van der Waals surface area (Å²) in [6.45, 7) is 6.64. The zero-order valence-electron chi connectivity index (χ0n) is 15.0. The molecule has 0 rings (SSSR count). The van der Waals surface area contributed by atoms with E-state index in [1.54, 1.807) is 0 Å². The molecule has 0 aliphatic rings. The van der Waals surface area contributed by atoms with Crippen LogP contribution in [0.1, 0.15) is 19.8 Å². The van der Waals surface area contributed by atoms with Crippen LogP contribution in [0.15, 0.2) is 0 Å². The Morgan fingerprint density at radius 2 is 1.04 bits per heavy atom. The molecule has 9 heteroatoms. The zero-order valence-corrected chi connectivity index (χ0v) is 15.0. The minimum Gasteiger partial charge on any atom is -0.481 e. The standard InChI is InChI=1S/C16H31NO8/c1-2-17-15(18)3-5-21-7-9-23-11-13-25-14-12-24-10-8-22-6-4-16(19)20/h2-14H2,1H3,(H,17,18)(H,19,20). The Kier molecular flexibility index (Phi) is 18.1. The molecule has 1 amide bonds. The molecule has 0 spiro atoms. The maximum Gasteiger partial charge on any atom is 0.305 e. The lowest BCUT2D eigenvalue weighted by atomic mass is 10.4. The number of hydrogen-bond acceptors (Lipinski definition) is 7. The molecular formula is C16H31NO8. The average Bonchev–Trinajstić information content (AvgIpc) is 2.57. The van der Waals surface area contributed by atoms with Gasteiger partial charge in [0.1, 0.15) is 0 Å². The number of aliphatic carboxylic acids is 1. The molecule has 0 aromatic carbocycles. The zero-order chi connectivity index (χ0) is 18.6. The third kappa shape index (κ3) is 20.7. The first-order valence-corrected chi connectivity index (χ1v) is 8.54. The molecule has 148 valence electrons. The monoisotopic (exact) mass is 365 g/mol. The number of carboxylic acids is 1. The molecule has 0 aliphatic carbocycles. The van der Waals surface area contributed by atoms with Crippen LogP contribution in [-0.2, 0) is 33.3 Å². The minimum atomic E-state index is -0.873. The quantitative estimate of drug-likeness (QED) is 0.309. The van der Waals surface area contributed by atoms with Crippen molar-refractivity contribution in [1.29, 1.82) is 0 Å². The minimum absolute atomic E-state index is 0.00232. The lowest BCUT2D eigenvalue weighted by Gasteiger charge is -2.08. The summed E-state index contributed by atoms with van der Waals surface area (Å²) in [5, 5.41) is 11.1. The highest BCUT2D eigenvalue weighted by Gasteiger charge is 1.99.